The first-order chi connectivity index (χ1) is 29.7. The minimum Gasteiger partial charge on any atom is -0.384 e. The molecule has 3 fully saturated rings. The number of nitrogens with two attached hydrogens (primary N) is 1. The summed E-state index contributed by atoms with van der Waals surface area (Å²) in [4.78, 5) is 74.3. The molecule has 9 heteroatoms. The molecule has 1 aromatic heterocycles. The largest absolute Gasteiger partial charge is 0.384 e. The first kappa shape index (κ1) is 45.7. The summed E-state index contributed by atoms with van der Waals surface area (Å²) >= 11 is 0. The lowest BCUT2D eigenvalue weighted by Gasteiger charge is -2.17. The number of amides is 1. The number of anilines is 1. The van der Waals surface area contributed by atoms with Gasteiger partial charge in [-0.3, -0.25) is 28.8 Å². The van der Waals surface area contributed by atoms with Gasteiger partial charge in [0.1, 0.15) is 29.0 Å². The van der Waals surface area contributed by atoms with Crippen molar-refractivity contribution in [1.29, 1.82) is 0 Å². The van der Waals surface area contributed by atoms with Crippen molar-refractivity contribution >= 4 is 62.2 Å². The molecular weight excluding hydrogens is 775 g/mol. The highest BCUT2D eigenvalue weighted by Crippen LogP contribution is 2.35. The van der Waals surface area contributed by atoms with E-state index in [0.717, 1.165) is 56.2 Å². The van der Waals surface area contributed by atoms with Gasteiger partial charge in [-0.1, -0.05) is 91.0 Å². The third-order valence-electron chi connectivity index (χ3n) is 13.1. The molecule has 6 atom stereocenters. The Morgan fingerprint density at radius 3 is 1.87 bits per heavy atom. The third kappa shape index (κ3) is 12.6. The zero-order chi connectivity index (χ0) is 44.3. The number of benzene rings is 4. The first-order valence-electron chi connectivity index (χ1n) is 22.3. The van der Waals surface area contributed by atoms with E-state index in [1.807, 2.05) is 25.1 Å². The second kappa shape index (κ2) is 21.3. The monoisotopic (exact) mass is 835 g/mol. The van der Waals surface area contributed by atoms with Gasteiger partial charge >= 0.3 is 0 Å². The zero-order valence-corrected chi connectivity index (χ0v) is 36.7. The summed E-state index contributed by atoms with van der Waals surface area (Å²) in [5.41, 5.74) is 10.1. The van der Waals surface area contributed by atoms with E-state index in [1.165, 1.54) is 32.7 Å². The number of rotatable bonds is 12. The molecule has 3 N–H and O–H groups in total. The van der Waals surface area contributed by atoms with Crippen molar-refractivity contribution in [1.82, 2.24) is 10.3 Å². The Morgan fingerprint density at radius 2 is 1.32 bits per heavy atom. The van der Waals surface area contributed by atoms with Gasteiger partial charge in [-0.15, -0.1) is 0 Å². The molecule has 0 aliphatic heterocycles. The molecule has 1 heterocycles. The lowest BCUT2D eigenvalue weighted by atomic mass is 9.94. The first-order valence-corrected chi connectivity index (χ1v) is 22.3. The Kier molecular flexibility index (Phi) is 15.7. The number of carbonyl (C=O) groups is 6. The summed E-state index contributed by atoms with van der Waals surface area (Å²) < 4.78 is 0. The van der Waals surface area contributed by atoms with Crippen molar-refractivity contribution in [2.75, 3.05) is 5.73 Å². The summed E-state index contributed by atoms with van der Waals surface area (Å²) in [6.07, 6.45) is 8.63. The van der Waals surface area contributed by atoms with Crippen LogP contribution in [0, 0.1) is 36.5 Å². The van der Waals surface area contributed by atoms with Crippen molar-refractivity contribution in [2.24, 2.45) is 29.6 Å². The van der Waals surface area contributed by atoms with E-state index >= 15 is 0 Å². The fourth-order valence-electron chi connectivity index (χ4n) is 9.24. The highest BCUT2D eigenvalue weighted by molar-refractivity contribution is 5.92. The van der Waals surface area contributed by atoms with E-state index in [4.69, 9.17) is 5.73 Å². The molecule has 4 aromatic carbocycles. The van der Waals surface area contributed by atoms with E-state index in [-0.39, 0.29) is 58.5 Å². The number of aryl methyl sites for hydroxylation is 2. The Morgan fingerprint density at radius 1 is 0.710 bits per heavy atom. The number of nitrogen functional groups attached to an aromatic ring is 1. The van der Waals surface area contributed by atoms with Crippen LogP contribution in [0.2, 0.25) is 0 Å². The number of ketones is 5. The zero-order valence-electron chi connectivity index (χ0n) is 36.7. The normalized spacial score (nSPS) is 21.1. The van der Waals surface area contributed by atoms with E-state index in [9.17, 15) is 28.8 Å². The van der Waals surface area contributed by atoms with Gasteiger partial charge in [-0.05, 0) is 129 Å². The van der Waals surface area contributed by atoms with E-state index < -0.39 is 6.04 Å². The maximum absolute atomic E-state index is 12.8. The molecule has 62 heavy (non-hydrogen) atoms. The van der Waals surface area contributed by atoms with Crippen molar-refractivity contribution in [3.8, 4) is 0 Å². The second-order valence-corrected chi connectivity index (χ2v) is 17.8. The van der Waals surface area contributed by atoms with Crippen LogP contribution in [-0.2, 0) is 48.0 Å². The number of pyridine rings is 1. The van der Waals surface area contributed by atoms with Gasteiger partial charge in [0.2, 0.25) is 5.91 Å². The van der Waals surface area contributed by atoms with Crippen molar-refractivity contribution in [3.63, 3.8) is 0 Å². The molecule has 3 saturated carbocycles. The van der Waals surface area contributed by atoms with Gasteiger partial charge in [0, 0.05) is 55.0 Å². The molecule has 0 saturated heterocycles. The number of nitrogens with one attached hydrogen (secondary N) is 1. The van der Waals surface area contributed by atoms with Crippen molar-refractivity contribution in [3.05, 3.63) is 119 Å². The Bertz CT molecular complexity index is 2440. The van der Waals surface area contributed by atoms with E-state index in [1.54, 1.807) is 26.8 Å². The van der Waals surface area contributed by atoms with Gasteiger partial charge in [-0.25, -0.2) is 4.98 Å². The minimum atomic E-state index is -0.473. The van der Waals surface area contributed by atoms with E-state index in [0.29, 0.717) is 43.8 Å². The van der Waals surface area contributed by atoms with Gasteiger partial charge in [0.05, 0.1) is 6.04 Å². The summed E-state index contributed by atoms with van der Waals surface area (Å²) in [6.45, 7) is 6.84. The molecule has 5 aromatic rings. The van der Waals surface area contributed by atoms with Gasteiger partial charge < -0.3 is 11.1 Å². The minimum absolute atomic E-state index is 0.00532. The summed E-state index contributed by atoms with van der Waals surface area (Å²) in [7, 11) is 0. The number of hydrogen-bond donors (Lipinski definition) is 2. The Balaban J connectivity index is 0.000000185. The topological polar surface area (TPSA) is 153 Å². The maximum Gasteiger partial charge on any atom is 0.223 e. The van der Waals surface area contributed by atoms with Crippen LogP contribution in [0.1, 0.15) is 101 Å². The molecule has 1 amide bonds. The number of nitrogens with zero attached hydrogens (tertiary/aromatic N) is 1. The SMILES string of the molecule is CC(=O)[C@@H]1CC(=O)[C@@H](Cc2ccc3ccccc3c2)C1.CC(=O)[C@H]1CCC(=O)C1.Cc1nc(N)ccc1CCC(=O)[C@H](C)NC(=O)[C@@H]1CC[C@@H](Cc2ccc3ccccc3c2)C1. The van der Waals surface area contributed by atoms with Gasteiger partial charge in [0.25, 0.3) is 0 Å². The lowest BCUT2D eigenvalue weighted by molar-refractivity contribution is -0.129. The molecule has 324 valence electrons. The van der Waals surface area contributed by atoms with Crippen LogP contribution in [0.15, 0.2) is 97.1 Å². The Labute approximate surface area is 365 Å². The van der Waals surface area contributed by atoms with Crippen molar-refractivity contribution in [2.45, 2.75) is 111 Å². The average Bonchev–Trinajstić information content (AvgIpc) is 4.01. The fourth-order valence-corrected chi connectivity index (χ4v) is 9.24. The molecule has 3 aliphatic carbocycles. The van der Waals surface area contributed by atoms with E-state index in [2.05, 4.69) is 83.1 Å². The molecule has 0 unspecified atom stereocenters. The molecule has 8 rings (SSSR count). The number of aromatic nitrogens is 1. The summed E-state index contributed by atoms with van der Waals surface area (Å²) in [6, 6.07) is 32.8. The second-order valence-electron chi connectivity index (χ2n) is 17.8. The number of hydrogen-bond acceptors (Lipinski definition) is 8. The smallest absolute Gasteiger partial charge is 0.223 e. The van der Waals surface area contributed by atoms with Gasteiger partial charge in [-0.2, -0.15) is 0 Å². The van der Waals surface area contributed by atoms with Gasteiger partial charge in [0.15, 0.2) is 5.78 Å². The highest BCUT2D eigenvalue weighted by atomic mass is 16.2. The highest BCUT2D eigenvalue weighted by Gasteiger charge is 2.35. The predicted molar refractivity (Wildman–Crippen MR) is 245 cm³/mol. The molecule has 9 nitrogen and oxygen atoms in total. The van der Waals surface area contributed by atoms with Crippen LogP contribution < -0.4 is 11.1 Å². The maximum atomic E-state index is 12.8. The van der Waals surface area contributed by atoms with Crippen LogP contribution in [-0.4, -0.2) is 45.8 Å². The fraction of sp³-hybridized carbons (Fsp3) is 0.415. The molecule has 0 spiro atoms. The number of fused-ring (bicyclic) bond motifs is 2. The molecule has 0 bridgehead atoms. The van der Waals surface area contributed by atoms with Crippen molar-refractivity contribution < 1.29 is 28.8 Å². The lowest BCUT2D eigenvalue weighted by Crippen LogP contribution is -2.41. The Hall–Kier alpha value is -5.83. The molecule has 0 radical (unpaired) electrons. The third-order valence-corrected chi connectivity index (χ3v) is 13.1. The predicted octanol–water partition coefficient (Wildman–Crippen LogP) is 9.30. The van der Waals surface area contributed by atoms with Crippen LogP contribution in [0.25, 0.3) is 21.5 Å². The number of Topliss-reactive ketones (excluding diaryl/α,β-unsaturated/α-hetero) is 5. The summed E-state index contributed by atoms with van der Waals surface area (Å²) in [5.74, 6) is 1.89. The van der Waals surface area contributed by atoms with Crippen LogP contribution >= 0.6 is 0 Å². The standard InChI is InChI=1S/C28H33N3O2.C18H18O2.C7H10O2/c1-18-22(12-14-27(29)30-18)11-13-26(32)19(2)31-28(33)25-10-8-21(17-25)15-20-7-9-23-5-3-4-6-24(23)16-20;1-12(19)16-10-17(18(20)11-16)9-13-6-7-14-4-2-3-5-15(14)8-13;1-5(8)6-2-3-7(9)4-6/h3-7,9,12,14,16,19,21,25H,8,10-11,13,15,17H2,1-2H3,(H2,29,30)(H,31,33);2-8,16-17H,9-11H2,1H3;6H,2-4H2,1H3/t19-,21-,25+;16-,17-;6-/m000/s1. The molecule has 3 aliphatic rings. The quantitative estimate of drug-likeness (QED) is 0.126. The average molecular weight is 836 g/mol. The van der Waals surface area contributed by atoms with Crippen LogP contribution in [0.4, 0.5) is 5.82 Å². The number of carbonyl (C=O) groups excluding carboxylic acids is 6. The van der Waals surface area contributed by atoms with Crippen LogP contribution in [0.3, 0.4) is 0 Å². The molecular formula is C53H61N3O6. The van der Waals surface area contributed by atoms with Crippen LogP contribution in [0.5, 0.6) is 0 Å². The summed E-state index contributed by atoms with van der Waals surface area (Å²) in [5, 5.41) is 7.91.